The van der Waals surface area contributed by atoms with Gasteiger partial charge in [0.05, 0.1) is 18.3 Å². The molecule has 0 aliphatic carbocycles. The molecule has 0 spiro atoms. The molecule has 0 aliphatic heterocycles. The molecular formula is C22H18ClN3O. The SMILES string of the molecule is Clc1ccc(-c2cc(CN[C@H](c3ccccc3)c3ccccn3)on2)cc1. The average molecular weight is 376 g/mol. The van der Waals surface area contributed by atoms with E-state index in [4.69, 9.17) is 16.1 Å². The third-order valence-corrected chi connectivity index (χ3v) is 4.55. The molecule has 0 aliphatic rings. The van der Waals surface area contributed by atoms with Crippen LogP contribution in [0.5, 0.6) is 0 Å². The van der Waals surface area contributed by atoms with Crippen molar-refractivity contribution in [3.05, 3.63) is 107 Å². The molecule has 4 nitrogen and oxygen atoms in total. The zero-order valence-electron chi connectivity index (χ0n) is 14.5. The van der Waals surface area contributed by atoms with Crippen LogP contribution in [0.25, 0.3) is 11.3 Å². The summed E-state index contributed by atoms with van der Waals surface area (Å²) in [6.45, 7) is 0.538. The molecule has 0 bridgehead atoms. The van der Waals surface area contributed by atoms with Crippen LogP contribution in [0.15, 0.2) is 89.6 Å². The maximum absolute atomic E-state index is 5.95. The fourth-order valence-electron chi connectivity index (χ4n) is 2.94. The second kappa shape index (κ2) is 8.16. The van der Waals surface area contributed by atoms with Gasteiger partial charge in [0, 0.05) is 22.8 Å². The number of pyridine rings is 1. The second-order valence-corrected chi connectivity index (χ2v) is 6.60. The van der Waals surface area contributed by atoms with Crippen LogP contribution in [0.3, 0.4) is 0 Å². The highest BCUT2D eigenvalue weighted by Crippen LogP contribution is 2.23. The summed E-state index contributed by atoms with van der Waals surface area (Å²) in [5.74, 6) is 0.761. The van der Waals surface area contributed by atoms with Gasteiger partial charge in [0.1, 0.15) is 5.69 Å². The minimum absolute atomic E-state index is 0.0310. The highest BCUT2D eigenvalue weighted by atomic mass is 35.5. The van der Waals surface area contributed by atoms with E-state index in [2.05, 4.69) is 27.6 Å². The maximum Gasteiger partial charge on any atom is 0.151 e. The molecule has 2 heterocycles. The first-order valence-electron chi connectivity index (χ1n) is 8.70. The first kappa shape index (κ1) is 17.5. The lowest BCUT2D eigenvalue weighted by molar-refractivity contribution is 0.369. The Balaban J connectivity index is 1.52. The Morgan fingerprint density at radius 1 is 0.926 bits per heavy atom. The zero-order valence-corrected chi connectivity index (χ0v) is 15.3. The molecule has 0 saturated heterocycles. The van der Waals surface area contributed by atoms with Crippen molar-refractivity contribution in [1.82, 2.24) is 15.5 Å². The van der Waals surface area contributed by atoms with Crippen molar-refractivity contribution in [2.75, 3.05) is 0 Å². The van der Waals surface area contributed by atoms with E-state index < -0.39 is 0 Å². The Morgan fingerprint density at radius 3 is 2.44 bits per heavy atom. The highest BCUT2D eigenvalue weighted by Gasteiger charge is 2.16. The molecule has 0 unspecified atom stereocenters. The fraction of sp³-hybridized carbons (Fsp3) is 0.0909. The van der Waals surface area contributed by atoms with Crippen LogP contribution in [0.4, 0.5) is 0 Å². The van der Waals surface area contributed by atoms with Crippen LogP contribution >= 0.6 is 11.6 Å². The van der Waals surface area contributed by atoms with Crippen molar-refractivity contribution in [2.45, 2.75) is 12.6 Å². The van der Waals surface area contributed by atoms with E-state index in [1.807, 2.05) is 66.7 Å². The van der Waals surface area contributed by atoms with Crippen LogP contribution in [0.1, 0.15) is 23.1 Å². The lowest BCUT2D eigenvalue weighted by atomic mass is 10.0. The minimum atomic E-state index is -0.0310. The summed E-state index contributed by atoms with van der Waals surface area (Å²) in [7, 11) is 0. The number of nitrogens with one attached hydrogen (secondary N) is 1. The predicted molar refractivity (Wildman–Crippen MR) is 106 cm³/mol. The van der Waals surface area contributed by atoms with Crippen LogP contribution in [0, 0.1) is 0 Å². The van der Waals surface area contributed by atoms with E-state index in [9.17, 15) is 0 Å². The molecule has 1 N–H and O–H groups in total. The summed E-state index contributed by atoms with van der Waals surface area (Å²) in [6, 6.07) is 25.6. The van der Waals surface area contributed by atoms with Gasteiger partial charge >= 0.3 is 0 Å². The molecule has 0 saturated carbocycles. The van der Waals surface area contributed by atoms with Crippen LogP contribution in [-0.2, 0) is 6.54 Å². The normalized spacial score (nSPS) is 12.0. The van der Waals surface area contributed by atoms with Crippen molar-refractivity contribution in [3.63, 3.8) is 0 Å². The topological polar surface area (TPSA) is 51.0 Å². The van der Waals surface area contributed by atoms with Gasteiger partial charge in [-0.3, -0.25) is 10.3 Å². The Hall–Kier alpha value is -2.95. The van der Waals surface area contributed by atoms with Gasteiger partial charge in [0.2, 0.25) is 0 Å². The van der Waals surface area contributed by atoms with E-state index in [1.54, 1.807) is 6.20 Å². The Bertz CT molecular complexity index is 946. The van der Waals surface area contributed by atoms with Crippen molar-refractivity contribution < 1.29 is 4.52 Å². The molecule has 2 aromatic heterocycles. The lowest BCUT2D eigenvalue weighted by Gasteiger charge is -2.18. The smallest absolute Gasteiger partial charge is 0.151 e. The monoisotopic (exact) mass is 375 g/mol. The lowest BCUT2D eigenvalue weighted by Crippen LogP contribution is -2.22. The summed E-state index contributed by atoms with van der Waals surface area (Å²) >= 11 is 5.95. The molecule has 4 rings (SSSR count). The number of hydrogen-bond donors (Lipinski definition) is 1. The fourth-order valence-corrected chi connectivity index (χ4v) is 3.07. The molecule has 0 radical (unpaired) electrons. The third kappa shape index (κ3) is 4.25. The molecule has 4 aromatic rings. The van der Waals surface area contributed by atoms with Crippen LogP contribution in [0.2, 0.25) is 5.02 Å². The molecule has 1 atom stereocenters. The summed E-state index contributed by atoms with van der Waals surface area (Å²) < 4.78 is 5.51. The Morgan fingerprint density at radius 2 is 1.70 bits per heavy atom. The van der Waals surface area contributed by atoms with Gasteiger partial charge in [0.15, 0.2) is 5.76 Å². The molecule has 0 fully saturated rings. The molecule has 0 amide bonds. The summed E-state index contributed by atoms with van der Waals surface area (Å²) in [6.07, 6.45) is 1.81. The first-order chi connectivity index (χ1) is 13.3. The standard InChI is InChI=1S/C22H18ClN3O/c23-18-11-9-16(10-12-18)21-14-19(27-26-21)15-25-22(17-6-2-1-3-7-17)20-8-4-5-13-24-20/h1-14,22,25H,15H2/t22-/m1/s1. The quantitative estimate of drug-likeness (QED) is 0.498. The number of hydrogen-bond acceptors (Lipinski definition) is 4. The van der Waals surface area contributed by atoms with Gasteiger partial charge in [-0.1, -0.05) is 65.3 Å². The van der Waals surface area contributed by atoms with Gasteiger partial charge in [-0.05, 0) is 29.8 Å². The molecule has 134 valence electrons. The summed E-state index contributed by atoms with van der Waals surface area (Å²) in [4.78, 5) is 4.51. The number of benzene rings is 2. The largest absolute Gasteiger partial charge is 0.359 e. The predicted octanol–water partition coefficient (Wildman–Crippen LogP) is 5.27. The number of rotatable bonds is 6. The minimum Gasteiger partial charge on any atom is -0.359 e. The van der Waals surface area contributed by atoms with E-state index in [0.29, 0.717) is 11.6 Å². The van der Waals surface area contributed by atoms with E-state index in [1.165, 1.54) is 0 Å². The summed E-state index contributed by atoms with van der Waals surface area (Å²) in [5, 5.41) is 8.39. The van der Waals surface area contributed by atoms with E-state index in [-0.39, 0.29) is 6.04 Å². The van der Waals surface area contributed by atoms with E-state index in [0.717, 1.165) is 28.3 Å². The zero-order chi connectivity index (χ0) is 18.5. The van der Waals surface area contributed by atoms with Crippen molar-refractivity contribution in [3.8, 4) is 11.3 Å². The number of nitrogens with zero attached hydrogens (tertiary/aromatic N) is 2. The maximum atomic E-state index is 5.95. The second-order valence-electron chi connectivity index (χ2n) is 6.16. The van der Waals surface area contributed by atoms with Crippen molar-refractivity contribution >= 4 is 11.6 Å². The average Bonchev–Trinajstić information content (AvgIpc) is 3.19. The summed E-state index contributed by atoms with van der Waals surface area (Å²) in [5.41, 5.74) is 3.87. The number of halogens is 1. The van der Waals surface area contributed by atoms with Crippen LogP contribution in [-0.4, -0.2) is 10.1 Å². The molecule has 27 heavy (non-hydrogen) atoms. The van der Waals surface area contributed by atoms with Gasteiger partial charge in [0.25, 0.3) is 0 Å². The van der Waals surface area contributed by atoms with Gasteiger partial charge in [-0.25, -0.2) is 0 Å². The van der Waals surface area contributed by atoms with E-state index >= 15 is 0 Å². The van der Waals surface area contributed by atoms with Crippen molar-refractivity contribution in [2.24, 2.45) is 0 Å². The Labute approximate surface area is 162 Å². The van der Waals surface area contributed by atoms with Crippen LogP contribution < -0.4 is 5.32 Å². The van der Waals surface area contributed by atoms with Gasteiger partial charge < -0.3 is 4.52 Å². The van der Waals surface area contributed by atoms with Gasteiger partial charge in [-0.2, -0.15) is 0 Å². The van der Waals surface area contributed by atoms with Gasteiger partial charge in [-0.15, -0.1) is 0 Å². The molecular weight excluding hydrogens is 358 g/mol. The molecule has 2 aromatic carbocycles. The third-order valence-electron chi connectivity index (χ3n) is 4.30. The first-order valence-corrected chi connectivity index (χ1v) is 9.08. The Kier molecular flexibility index (Phi) is 5.28. The molecule has 5 heteroatoms. The highest BCUT2D eigenvalue weighted by molar-refractivity contribution is 6.30. The number of aromatic nitrogens is 2. The van der Waals surface area contributed by atoms with Crippen molar-refractivity contribution in [1.29, 1.82) is 0 Å².